The number of nitrogens with zero attached hydrogens (tertiary/aromatic N) is 2. The van der Waals surface area contributed by atoms with Crippen molar-refractivity contribution < 1.29 is 9.59 Å². The molecule has 0 saturated heterocycles. The Morgan fingerprint density at radius 1 is 1.12 bits per heavy atom. The molecule has 0 aliphatic carbocycles. The van der Waals surface area contributed by atoms with Crippen LogP contribution >= 0.6 is 23.1 Å². The standard InChI is InChI=1S/C15H19N5O2S2/c1-9(2)16-13(22)18-12(21)10(3)23-15-20-19-14(24-15)17-11-7-5-4-6-8-11/h4-10H,1-3H3,(H,17,19)(H2,16,18,21,22)/t10-/m0/s1. The molecule has 0 unspecified atom stereocenters. The van der Waals surface area contributed by atoms with E-state index in [1.807, 2.05) is 44.2 Å². The maximum Gasteiger partial charge on any atom is 0.321 e. The van der Waals surface area contributed by atoms with Gasteiger partial charge < -0.3 is 10.6 Å². The van der Waals surface area contributed by atoms with Crippen molar-refractivity contribution in [2.75, 3.05) is 5.32 Å². The molecule has 3 amide bonds. The Labute approximate surface area is 148 Å². The molecule has 0 spiro atoms. The van der Waals surface area contributed by atoms with Crippen LogP contribution in [-0.4, -0.2) is 33.4 Å². The second-order valence-corrected chi connectivity index (χ2v) is 7.81. The van der Waals surface area contributed by atoms with Gasteiger partial charge in [0.1, 0.15) is 0 Å². The third-order valence-electron chi connectivity index (χ3n) is 2.73. The number of thioether (sulfide) groups is 1. The molecule has 0 saturated carbocycles. The van der Waals surface area contributed by atoms with E-state index in [4.69, 9.17) is 0 Å². The molecular weight excluding hydrogens is 346 g/mol. The van der Waals surface area contributed by atoms with Gasteiger partial charge in [0.05, 0.1) is 5.25 Å². The highest BCUT2D eigenvalue weighted by Gasteiger charge is 2.19. The predicted molar refractivity (Wildman–Crippen MR) is 96.8 cm³/mol. The summed E-state index contributed by atoms with van der Waals surface area (Å²) in [5.74, 6) is -0.370. The number of aromatic nitrogens is 2. The highest BCUT2D eigenvalue weighted by Crippen LogP contribution is 2.30. The lowest BCUT2D eigenvalue weighted by atomic mass is 10.3. The van der Waals surface area contributed by atoms with E-state index >= 15 is 0 Å². The van der Waals surface area contributed by atoms with E-state index in [0.717, 1.165) is 5.69 Å². The van der Waals surface area contributed by atoms with Crippen LogP contribution in [0.5, 0.6) is 0 Å². The predicted octanol–water partition coefficient (Wildman–Crippen LogP) is 3.00. The number of hydrogen-bond acceptors (Lipinski definition) is 7. The Hall–Kier alpha value is -2.13. The Balaban J connectivity index is 1.87. The lowest BCUT2D eigenvalue weighted by Gasteiger charge is -2.11. The van der Waals surface area contributed by atoms with Crippen molar-refractivity contribution in [3.05, 3.63) is 30.3 Å². The zero-order valence-corrected chi connectivity index (χ0v) is 15.2. The van der Waals surface area contributed by atoms with Crippen LogP contribution in [0.1, 0.15) is 20.8 Å². The zero-order valence-electron chi connectivity index (χ0n) is 13.6. The van der Waals surface area contributed by atoms with Crippen molar-refractivity contribution in [2.45, 2.75) is 36.4 Å². The highest BCUT2D eigenvalue weighted by molar-refractivity contribution is 8.02. The van der Waals surface area contributed by atoms with Gasteiger partial charge in [0.2, 0.25) is 11.0 Å². The fraction of sp³-hybridized carbons (Fsp3) is 0.333. The van der Waals surface area contributed by atoms with Gasteiger partial charge in [-0.1, -0.05) is 41.3 Å². The zero-order chi connectivity index (χ0) is 17.5. The van der Waals surface area contributed by atoms with Crippen LogP contribution in [0, 0.1) is 0 Å². The van der Waals surface area contributed by atoms with Crippen molar-refractivity contribution in [3.8, 4) is 0 Å². The van der Waals surface area contributed by atoms with E-state index in [-0.39, 0.29) is 11.9 Å². The van der Waals surface area contributed by atoms with E-state index in [1.54, 1.807) is 6.92 Å². The van der Waals surface area contributed by atoms with Crippen LogP contribution in [0.25, 0.3) is 0 Å². The first-order chi connectivity index (χ1) is 11.4. The second kappa shape index (κ2) is 8.65. The highest BCUT2D eigenvalue weighted by atomic mass is 32.2. The average molecular weight is 365 g/mol. The van der Waals surface area contributed by atoms with Crippen molar-refractivity contribution in [3.63, 3.8) is 0 Å². The average Bonchev–Trinajstić information content (AvgIpc) is 2.94. The SMILES string of the molecule is CC(C)NC(=O)NC(=O)[C@H](C)Sc1nnc(Nc2ccccc2)s1. The number of anilines is 2. The molecule has 1 aromatic heterocycles. The number of rotatable bonds is 6. The largest absolute Gasteiger partial charge is 0.336 e. The van der Waals surface area contributed by atoms with Gasteiger partial charge in [-0.25, -0.2) is 4.79 Å². The van der Waals surface area contributed by atoms with E-state index in [0.29, 0.717) is 9.47 Å². The lowest BCUT2D eigenvalue weighted by molar-refractivity contribution is -0.119. The van der Waals surface area contributed by atoms with Gasteiger partial charge in [0.25, 0.3) is 0 Å². The summed E-state index contributed by atoms with van der Waals surface area (Å²) in [6, 6.07) is 9.11. The van der Waals surface area contributed by atoms with Crippen LogP contribution in [0.2, 0.25) is 0 Å². The van der Waals surface area contributed by atoms with Crippen LogP contribution in [0.3, 0.4) is 0 Å². The lowest BCUT2D eigenvalue weighted by Crippen LogP contribution is -2.45. The monoisotopic (exact) mass is 365 g/mol. The van der Waals surface area contributed by atoms with E-state index in [9.17, 15) is 9.59 Å². The quantitative estimate of drug-likeness (QED) is 0.681. The molecule has 128 valence electrons. The van der Waals surface area contributed by atoms with Gasteiger partial charge in [0, 0.05) is 11.7 Å². The first-order valence-corrected chi connectivity index (χ1v) is 9.07. The molecule has 1 heterocycles. The number of para-hydroxylation sites is 1. The number of carbonyl (C=O) groups excluding carboxylic acids is 2. The molecule has 1 aromatic carbocycles. The van der Waals surface area contributed by atoms with Gasteiger partial charge in [-0.2, -0.15) is 0 Å². The first-order valence-electron chi connectivity index (χ1n) is 7.37. The summed E-state index contributed by atoms with van der Waals surface area (Å²) in [6.07, 6.45) is 0. The first kappa shape index (κ1) is 18.2. The Morgan fingerprint density at radius 2 is 1.83 bits per heavy atom. The van der Waals surface area contributed by atoms with E-state index in [2.05, 4.69) is 26.1 Å². The third kappa shape index (κ3) is 5.82. The maximum absolute atomic E-state index is 12.0. The number of carbonyl (C=O) groups is 2. The van der Waals surface area contributed by atoms with Gasteiger partial charge in [-0.05, 0) is 32.9 Å². The number of amides is 3. The third-order valence-corrected chi connectivity index (χ3v) is 4.76. The van der Waals surface area contributed by atoms with Gasteiger partial charge in [-0.15, -0.1) is 10.2 Å². The molecule has 3 N–H and O–H groups in total. The smallest absolute Gasteiger partial charge is 0.321 e. The molecular formula is C15H19N5O2S2. The molecule has 7 nitrogen and oxygen atoms in total. The fourth-order valence-corrected chi connectivity index (χ4v) is 3.59. The Bertz CT molecular complexity index is 690. The van der Waals surface area contributed by atoms with Crippen molar-refractivity contribution >= 4 is 45.9 Å². The van der Waals surface area contributed by atoms with Crippen molar-refractivity contribution in [1.29, 1.82) is 0 Å². The van der Waals surface area contributed by atoms with Crippen LogP contribution in [0.15, 0.2) is 34.7 Å². The molecule has 0 radical (unpaired) electrons. The minimum Gasteiger partial charge on any atom is -0.336 e. The molecule has 0 aliphatic heterocycles. The summed E-state index contributed by atoms with van der Waals surface area (Å²) < 4.78 is 0.653. The molecule has 24 heavy (non-hydrogen) atoms. The number of nitrogens with one attached hydrogen (secondary N) is 3. The molecule has 0 fully saturated rings. The minimum atomic E-state index is -0.494. The van der Waals surface area contributed by atoms with Crippen molar-refractivity contribution in [1.82, 2.24) is 20.8 Å². The summed E-state index contributed by atoms with van der Waals surface area (Å²) in [4.78, 5) is 23.5. The number of hydrogen-bond donors (Lipinski definition) is 3. The summed E-state index contributed by atoms with van der Waals surface area (Å²) in [6.45, 7) is 5.36. The van der Waals surface area contributed by atoms with Crippen molar-refractivity contribution in [2.24, 2.45) is 0 Å². The summed E-state index contributed by atoms with van der Waals surface area (Å²) >= 11 is 2.61. The minimum absolute atomic E-state index is 0.0319. The van der Waals surface area contributed by atoms with E-state index in [1.165, 1.54) is 23.1 Å². The van der Waals surface area contributed by atoms with Crippen LogP contribution < -0.4 is 16.0 Å². The molecule has 0 bridgehead atoms. The topological polar surface area (TPSA) is 96.0 Å². The normalized spacial score (nSPS) is 11.8. The number of benzene rings is 1. The second-order valence-electron chi connectivity index (χ2n) is 5.24. The number of imide groups is 1. The van der Waals surface area contributed by atoms with Gasteiger partial charge in [0.15, 0.2) is 4.34 Å². The number of urea groups is 1. The van der Waals surface area contributed by atoms with Gasteiger partial charge in [-0.3, -0.25) is 10.1 Å². The van der Waals surface area contributed by atoms with Crippen LogP contribution in [-0.2, 0) is 4.79 Å². The molecule has 2 aromatic rings. The van der Waals surface area contributed by atoms with Crippen LogP contribution in [0.4, 0.5) is 15.6 Å². The summed E-state index contributed by atoms with van der Waals surface area (Å²) in [7, 11) is 0. The molecule has 1 atom stereocenters. The Kier molecular flexibility index (Phi) is 6.56. The maximum atomic E-state index is 12.0. The fourth-order valence-electron chi connectivity index (χ4n) is 1.67. The Morgan fingerprint density at radius 3 is 2.50 bits per heavy atom. The molecule has 9 heteroatoms. The van der Waals surface area contributed by atoms with E-state index < -0.39 is 11.3 Å². The molecule has 0 aliphatic rings. The summed E-state index contributed by atoms with van der Waals surface area (Å²) in [5, 5.41) is 16.4. The van der Waals surface area contributed by atoms with Gasteiger partial charge >= 0.3 is 6.03 Å². The molecule has 2 rings (SSSR count). The summed E-state index contributed by atoms with van der Waals surface area (Å²) in [5.41, 5.74) is 0.918.